The van der Waals surface area contributed by atoms with Crippen molar-refractivity contribution in [3.8, 4) is 0 Å². The van der Waals surface area contributed by atoms with Gasteiger partial charge in [0.1, 0.15) is 27.1 Å². The van der Waals surface area contributed by atoms with Crippen LogP contribution in [0.15, 0.2) is 24.8 Å². The van der Waals surface area contributed by atoms with Crippen molar-refractivity contribution >= 4 is 58.1 Å². The molecule has 0 aromatic carbocycles. The van der Waals surface area contributed by atoms with Crippen LogP contribution in [-0.2, 0) is 6.18 Å². The summed E-state index contributed by atoms with van der Waals surface area (Å²) in [7, 11) is 0. The SMILES string of the molecule is CC(NC(=O)c1ncnc(C(=O)NCCO)c1Cl)c1ncc(C(=O)Nc2cc(C(F)(F)F)c(Cl)cn2)s1. The summed E-state index contributed by atoms with van der Waals surface area (Å²) in [5.41, 5.74) is -1.71. The number of hydrogen-bond donors (Lipinski definition) is 4. The summed E-state index contributed by atoms with van der Waals surface area (Å²) in [6, 6.07) is -0.142. The zero-order valence-corrected chi connectivity index (χ0v) is 20.9. The van der Waals surface area contributed by atoms with Crippen molar-refractivity contribution < 1.29 is 32.7 Å². The second-order valence-electron chi connectivity index (χ2n) is 7.12. The van der Waals surface area contributed by atoms with Gasteiger partial charge in [-0.1, -0.05) is 23.2 Å². The average molecular weight is 578 g/mol. The summed E-state index contributed by atoms with van der Waals surface area (Å²) in [6.07, 6.45) is -1.81. The highest BCUT2D eigenvalue weighted by Crippen LogP contribution is 2.35. The third kappa shape index (κ3) is 6.88. The number of aromatic nitrogens is 4. The number of halogens is 5. The minimum absolute atomic E-state index is 0.0318. The number of rotatable bonds is 8. The largest absolute Gasteiger partial charge is 0.418 e. The number of carbonyl (C=O) groups excluding carboxylic acids is 3. The van der Waals surface area contributed by atoms with Crippen molar-refractivity contribution in [1.82, 2.24) is 30.6 Å². The lowest BCUT2D eigenvalue weighted by atomic mass is 10.2. The van der Waals surface area contributed by atoms with Gasteiger partial charge in [0, 0.05) is 12.7 Å². The standard InChI is InChI=1S/C20H16Cl2F3N7O4S/c1-8(31-18(36)15-13(22)14(29-7-30-15)17(35)26-2-3-33)19-28-6-11(37-19)16(34)32-12-4-9(20(23,24)25)10(21)5-27-12/h4-8,33H,2-3H2,1H3,(H,26,35)(H,31,36)(H,27,32,34). The van der Waals surface area contributed by atoms with E-state index in [1.54, 1.807) is 6.92 Å². The molecule has 3 heterocycles. The Morgan fingerprint density at radius 3 is 2.38 bits per heavy atom. The molecule has 11 nitrogen and oxygen atoms in total. The third-order valence-electron chi connectivity index (χ3n) is 4.48. The van der Waals surface area contributed by atoms with E-state index in [9.17, 15) is 27.6 Å². The number of alkyl halides is 3. The van der Waals surface area contributed by atoms with Crippen LogP contribution in [0.3, 0.4) is 0 Å². The molecule has 3 aromatic rings. The van der Waals surface area contributed by atoms with Crippen molar-refractivity contribution in [1.29, 1.82) is 0 Å². The number of pyridine rings is 1. The first-order valence-electron chi connectivity index (χ1n) is 10.1. The van der Waals surface area contributed by atoms with Crippen LogP contribution >= 0.6 is 34.5 Å². The number of hydrogen-bond acceptors (Lipinski definition) is 9. The molecular formula is C20H16Cl2F3N7O4S. The summed E-state index contributed by atoms with van der Waals surface area (Å²) in [5.74, 6) is -2.61. The Morgan fingerprint density at radius 2 is 1.73 bits per heavy atom. The number of carbonyl (C=O) groups is 3. The monoisotopic (exact) mass is 577 g/mol. The Morgan fingerprint density at radius 1 is 1.05 bits per heavy atom. The van der Waals surface area contributed by atoms with Gasteiger partial charge in [-0.25, -0.2) is 19.9 Å². The Hall–Kier alpha value is -3.40. The lowest BCUT2D eigenvalue weighted by Crippen LogP contribution is -2.30. The van der Waals surface area contributed by atoms with E-state index in [0.29, 0.717) is 6.07 Å². The highest BCUT2D eigenvalue weighted by atomic mass is 35.5. The normalized spacial score (nSPS) is 12.1. The maximum atomic E-state index is 13.0. The van der Waals surface area contributed by atoms with Gasteiger partial charge in [-0.05, 0) is 13.0 Å². The smallest absolute Gasteiger partial charge is 0.395 e. The predicted octanol–water partition coefficient (Wildman–Crippen LogP) is 3.12. The van der Waals surface area contributed by atoms with Crippen LogP contribution in [0.1, 0.15) is 54.2 Å². The molecule has 196 valence electrons. The summed E-state index contributed by atoms with van der Waals surface area (Å²) >= 11 is 12.5. The molecule has 17 heteroatoms. The molecule has 0 bridgehead atoms. The topological polar surface area (TPSA) is 159 Å². The molecule has 3 amide bonds. The van der Waals surface area contributed by atoms with E-state index in [2.05, 4.69) is 35.9 Å². The highest BCUT2D eigenvalue weighted by Gasteiger charge is 2.34. The molecule has 1 unspecified atom stereocenters. The van der Waals surface area contributed by atoms with Gasteiger partial charge >= 0.3 is 6.18 Å². The van der Waals surface area contributed by atoms with Crippen molar-refractivity contribution in [3.05, 3.63) is 61.7 Å². The quantitative estimate of drug-likeness (QED) is 0.318. The van der Waals surface area contributed by atoms with Crippen LogP contribution in [0, 0.1) is 0 Å². The molecule has 0 radical (unpaired) electrons. The lowest BCUT2D eigenvalue weighted by molar-refractivity contribution is -0.137. The second kappa shape index (κ2) is 11.8. The molecular weight excluding hydrogens is 562 g/mol. The zero-order valence-electron chi connectivity index (χ0n) is 18.6. The molecule has 37 heavy (non-hydrogen) atoms. The van der Waals surface area contributed by atoms with Crippen LogP contribution in [-0.4, -0.2) is 55.9 Å². The molecule has 0 aliphatic carbocycles. The fourth-order valence-corrected chi connectivity index (χ4v) is 4.06. The van der Waals surface area contributed by atoms with Gasteiger partial charge in [0.25, 0.3) is 17.7 Å². The van der Waals surface area contributed by atoms with E-state index in [0.717, 1.165) is 23.9 Å². The van der Waals surface area contributed by atoms with E-state index >= 15 is 0 Å². The van der Waals surface area contributed by atoms with E-state index in [1.807, 2.05) is 0 Å². The maximum Gasteiger partial charge on any atom is 0.418 e. The van der Waals surface area contributed by atoms with E-state index < -0.39 is 40.5 Å². The first-order chi connectivity index (χ1) is 17.4. The van der Waals surface area contributed by atoms with Crippen molar-refractivity contribution in [3.63, 3.8) is 0 Å². The van der Waals surface area contributed by atoms with Crippen LogP contribution < -0.4 is 16.0 Å². The number of nitrogens with one attached hydrogen (secondary N) is 3. The lowest BCUT2D eigenvalue weighted by Gasteiger charge is -2.12. The van der Waals surface area contributed by atoms with E-state index in [1.165, 1.54) is 6.20 Å². The minimum Gasteiger partial charge on any atom is -0.395 e. The summed E-state index contributed by atoms with van der Waals surface area (Å²) in [6.45, 7) is 1.20. The Kier molecular flexibility index (Phi) is 8.96. The summed E-state index contributed by atoms with van der Waals surface area (Å²) in [5, 5.41) is 15.3. The third-order valence-corrected chi connectivity index (χ3v) is 6.32. The number of nitrogens with zero attached hydrogens (tertiary/aromatic N) is 4. The fourth-order valence-electron chi connectivity index (χ4n) is 2.76. The molecule has 3 rings (SSSR count). The first kappa shape index (κ1) is 28.2. The van der Waals surface area contributed by atoms with Gasteiger partial charge in [0.2, 0.25) is 0 Å². The summed E-state index contributed by atoms with van der Waals surface area (Å²) in [4.78, 5) is 52.6. The van der Waals surface area contributed by atoms with Gasteiger partial charge in [0.15, 0.2) is 11.4 Å². The van der Waals surface area contributed by atoms with Gasteiger partial charge in [-0.2, -0.15) is 13.2 Å². The van der Waals surface area contributed by atoms with E-state index in [-0.39, 0.29) is 45.3 Å². The Bertz CT molecular complexity index is 1340. The van der Waals surface area contributed by atoms with Crippen LogP contribution in [0.25, 0.3) is 0 Å². The van der Waals surface area contributed by atoms with Crippen LogP contribution in [0.2, 0.25) is 10.0 Å². The average Bonchev–Trinajstić information content (AvgIpc) is 3.34. The summed E-state index contributed by atoms with van der Waals surface area (Å²) < 4.78 is 39.1. The molecule has 4 N–H and O–H groups in total. The van der Waals surface area contributed by atoms with Gasteiger partial charge in [0.05, 0.1) is 29.4 Å². The molecule has 0 saturated heterocycles. The molecule has 0 saturated carbocycles. The number of aliphatic hydroxyl groups excluding tert-OH is 1. The van der Waals surface area contributed by atoms with Gasteiger partial charge < -0.3 is 21.1 Å². The van der Waals surface area contributed by atoms with Crippen LogP contribution in [0.4, 0.5) is 19.0 Å². The number of aliphatic hydroxyl groups is 1. The molecule has 1 atom stereocenters. The molecule has 0 aliphatic heterocycles. The number of amides is 3. The molecule has 0 spiro atoms. The molecule has 0 aliphatic rings. The van der Waals surface area contributed by atoms with Crippen LogP contribution in [0.5, 0.6) is 0 Å². The Balaban J connectivity index is 1.69. The fraction of sp³-hybridized carbons (Fsp3) is 0.250. The maximum absolute atomic E-state index is 13.0. The van der Waals surface area contributed by atoms with Crippen molar-refractivity contribution in [2.24, 2.45) is 0 Å². The van der Waals surface area contributed by atoms with E-state index in [4.69, 9.17) is 28.3 Å². The first-order valence-corrected chi connectivity index (χ1v) is 11.7. The van der Waals surface area contributed by atoms with Crippen molar-refractivity contribution in [2.75, 3.05) is 18.5 Å². The predicted molar refractivity (Wildman–Crippen MR) is 127 cm³/mol. The van der Waals surface area contributed by atoms with Gasteiger partial charge in [-0.3, -0.25) is 14.4 Å². The van der Waals surface area contributed by atoms with Gasteiger partial charge in [-0.15, -0.1) is 11.3 Å². The number of thiazole rings is 1. The molecule has 0 fully saturated rings. The second-order valence-corrected chi connectivity index (χ2v) is 8.97. The Labute approximate surface area is 220 Å². The minimum atomic E-state index is -4.73. The highest BCUT2D eigenvalue weighted by molar-refractivity contribution is 7.13. The van der Waals surface area contributed by atoms with Crippen molar-refractivity contribution in [2.45, 2.75) is 19.1 Å². The number of anilines is 1. The molecule has 3 aromatic heterocycles. The zero-order chi connectivity index (χ0) is 27.3.